The van der Waals surface area contributed by atoms with Gasteiger partial charge in [0.25, 0.3) is 0 Å². The number of hydrogen-bond donors (Lipinski definition) is 2. The van der Waals surface area contributed by atoms with E-state index in [-0.39, 0.29) is 11.4 Å². The molecule has 0 aliphatic carbocycles. The molecule has 0 unspecified atom stereocenters. The fraction of sp³-hybridized carbons (Fsp3) is 0.636. The lowest BCUT2D eigenvalue weighted by atomic mass is 10.5. The summed E-state index contributed by atoms with van der Waals surface area (Å²) in [5, 5.41) is 2.99. The Hall–Kier alpha value is -0.0300. The van der Waals surface area contributed by atoms with Crippen molar-refractivity contribution in [1.29, 1.82) is 0 Å². The highest BCUT2D eigenvalue weighted by atomic mass is 79.9. The van der Waals surface area contributed by atoms with Crippen molar-refractivity contribution < 1.29 is 17.9 Å². The summed E-state index contributed by atoms with van der Waals surface area (Å²) in [5.74, 6) is 0. The first-order chi connectivity index (χ1) is 9.51. The zero-order valence-electron chi connectivity index (χ0n) is 11.4. The number of nitrogens with one attached hydrogen (secondary N) is 2. The van der Waals surface area contributed by atoms with E-state index in [4.69, 9.17) is 9.47 Å². The fourth-order valence-corrected chi connectivity index (χ4v) is 5.12. The first-order valence-corrected chi connectivity index (χ1v) is 9.09. The lowest BCUT2D eigenvalue weighted by Crippen LogP contribution is -2.27. The summed E-state index contributed by atoms with van der Waals surface area (Å²) < 4.78 is 37.4. The number of hydrogen-bond acceptors (Lipinski definition) is 6. The van der Waals surface area contributed by atoms with Crippen molar-refractivity contribution in [2.45, 2.75) is 11.4 Å². The number of methoxy groups -OCH3 is 1. The van der Waals surface area contributed by atoms with E-state index in [1.54, 1.807) is 13.2 Å². The van der Waals surface area contributed by atoms with Crippen LogP contribution in [-0.4, -0.2) is 48.9 Å². The van der Waals surface area contributed by atoms with Crippen LogP contribution in [0.2, 0.25) is 0 Å². The van der Waals surface area contributed by atoms with Gasteiger partial charge >= 0.3 is 0 Å². The van der Waals surface area contributed by atoms with Crippen molar-refractivity contribution in [2.24, 2.45) is 0 Å². The van der Waals surface area contributed by atoms with Gasteiger partial charge in [0.1, 0.15) is 4.90 Å². The minimum atomic E-state index is -3.51. The second kappa shape index (κ2) is 9.08. The zero-order chi connectivity index (χ0) is 15.0. The van der Waals surface area contributed by atoms with Gasteiger partial charge in [0.15, 0.2) is 0 Å². The highest BCUT2D eigenvalue weighted by Gasteiger charge is 2.20. The van der Waals surface area contributed by atoms with E-state index in [1.807, 2.05) is 7.05 Å². The Kier molecular flexibility index (Phi) is 8.18. The largest absolute Gasteiger partial charge is 0.382 e. The molecule has 0 aliphatic rings. The van der Waals surface area contributed by atoms with Crippen LogP contribution in [0.3, 0.4) is 0 Å². The second-order valence-corrected chi connectivity index (χ2v) is 8.07. The average molecular weight is 387 g/mol. The Balaban J connectivity index is 2.51. The molecule has 0 radical (unpaired) electrons. The number of thiophene rings is 1. The molecule has 1 aromatic rings. The lowest BCUT2D eigenvalue weighted by molar-refractivity contribution is 0.0736. The molecule has 0 saturated carbocycles. The Morgan fingerprint density at radius 2 is 2.10 bits per heavy atom. The van der Waals surface area contributed by atoms with Gasteiger partial charge in [-0.1, -0.05) is 0 Å². The average Bonchev–Trinajstić information content (AvgIpc) is 2.76. The van der Waals surface area contributed by atoms with Crippen molar-refractivity contribution in [2.75, 3.05) is 40.5 Å². The molecule has 0 aromatic carbocycles. The van der Waals surface area contributed by atoms with Crippen LogP contribution in [0.1, 0.15) is 4.88 Å². The first-order valence-electron chi connectivity index (χ1n) is 6.00. The third-order valence-electron chi connectivity index (χ3n) is 2.32. The molecule has 116 valence electrons. The predicted molar refractivity (Wildman–Crippen MR) is 82.7 cm³/mol. The van der Waals surface area contributed by atoms with Gasteiger partial charge in [-0.25, -0.2) is 13.1 Å². The second-order valence-electron chi connectivity index (χ2n) is 3.88. The van der Waals surface area contributed by atoms with E-state index in [2.05, 4.69) is 26.0 Å². The molecule has 0 spiro atoms. The van der Waals surface area contributed by atoms with Crippen LogP contribution in [0.4, 0.5) is 0 Å². The molecule has 0 aliphatic heterocycles. The van der Waals surface area contributed by atoms with Crippen molar-refractivity contribution in [3.63, 3.8) is 0 Å². The summed E-state index contributed by atoms with van der Waals surface area (Å²) in [6, 6.07) is 1.67. The molecule has 1 aromatic heterocycles. The number of rotatable bonds is 10. The van der Waals surface area contributed by atoms with Gasteiger partial charge in [-0.3, -0.25) is 0 Å². The molecule has 9 heteroatoms. The van der Waals surface area contributed by atoms with Gasteiger partial charge < -0.3 is 14.8 Å². The molecule has 6 nitrogen and oxygen atoms in total. The number of sulfonamides is 1. The molecule has 1 heterocycles. The Labute approximate surface area is 132 Å². The van der Waals surface area contributed by atoms with Crippen molar-refractivity contribution in [3.05, 3.63) is 14.7 Å². The highest BCUT2D eigenvalue weighted by molar-refractivity contribution is 9.11. The van der Waals surface area contributed by atoms with Crippen molar-refractivity contribution >= 4 is 37.3 Å². The number of halogens is 1. The number of ether oxygens (including phenoxy) is 2. The van der Waals surface area contributed by atoms with E-state index in [0.29, 0.717) is 30.2 Å². The summed E-state index contributed by atoms with van der Waals surface area (Å²) in [4.78, 5) is 1.22. The molecule has 0 bridgehead atoms. The lowest BCUT2D eigenvalue weighted by Gasteiger charge is -2.06. The molecule has 2 N–H and O–H groups in total. The minimum absolute atomic E-state index is 0.232. The monoisotopic (exact) mass is 386 g/mol. The topological polar surface area (TPSA) is 76.7 Å². The standard InChI is InChI=1S/C11H19BrN2O4S2/c1-13-8-9-7-10(11(12)19-9)20(15,16)14-3-4-18-6-5-17-2/h7,13-14H,3-6,8H2,1-2H3. The molecule has 0 saturated heterocycles. The van der Waals surface area contributed by atoms with Crippen molar-refractivity contribution in [1.82, 2.24) is 10.0 Å². The van der Waals surface area contributed by atoms with E-state index in [1.165, 1.54) is 11.3 Å². The fourth-order valence-electron chi connectivity index (χ4n) is 1.41. The Morgan fingerprint density at radius 3 is 2.75 bits per heavy atom. The summed E-state index contributed by atoms with van der Waals surface area (Å²) in [6.07, 6.45) is 0. The van der Waals surface area contributed by atoms with Gasteiger partial charge in [-0.2, -0.15) is 0 Å². The van der Waals surface area contributed by atoms with Gasteiger partial charge in [0.05, 0.1) is 23.6 Å². The van der Waals surface area contributed by atoms with Crippen LogP contribution in [0, 0.1) is 0 Å². The quantitative estimate of drug-likeness (QED) is 0.590. The van der Waals surface area contributed by atoms with Crippen LogP contribution in [0.25, 0.3) is 0 Å². The van der Waals surface area contributed by atoms with Crippen LogP contribution in [0.5, 0.6) is 0 Å². The summed E-state index contributed by atoms with van der Waals surface area (Å²) in [5.41, 5.74) is 0. The molecular weight excluding hydrogens is 368 g/mol. The Morgan fingerprint density at radius 1 is 1.35 bits per heavy atom. The van der Waals surface area contributed by atoms with E-state index < -0.39 is 10.0 Å². The zero-order valence-corrected chi connectivity index (χ0v) is 14.7. The van der Waals surface area contributed by atoms with E-state index >= 15 is 0 Å². The first kappa shape index (κ1) is 18.0. The smallest absolute Gasteiger partial charge is 0.242 e. The molecule has 1 rings (SSSR count). The maximum Gasteiger partial charge on any atom is 0.242 e. The van der Waals surface area contributed by atoms with Gasteiger partial charge in [0.2, 0.25) is 10.0 Å². The third kappa shape index (κ3) is 5.76. The maximum absolute atomic E-state index is 12.1. The molecule has 0 atom stereocenters. The van der Waals surface area contributed by atoms with Crippen molar-refractivity contribution in [3.8, 4) is 0 Å². The summed E-state index contributed by atoms with van der Waals surface area (Å²) in [7, 11) is -0.104. The van der Waals surface area contributed by atoms with Crippen LogP contribution >= 0.6 is 27.3 Å². The molecule has 0 fully saturated rings. The summed E-state index contributed by atoms with van der Waals surface area (Å²) >= 11 is 4.69. The third-order valence-corrected chi connectivity index (χ3v) is 6.03. The van der Waals surface area contributed by atoms with Crippen LogP contribution < -0.4 is 10.0 Å². The predicted octanol–water partition coefficient (Wildman–Crippen LogP) is 1.17. The maximum atomic E-state index is 12.1. The van der Waals surface area contributed by atoms with Crippen LogP contribution in [-0.2, 0) is 26.0 Å². The van der Waals surface area contributed by atoms with E-state index in [0.717, 1.165) is 4.88 Å². The molecular formula is C11H19BrN2O4S2. The highest BCUT2D eigenvalue weighted by Crippen LogP contribution is 2.31. The molecule has 20 heavy (non-hydrogen) atoms. The normalized spacial score (nSPS) is 11.9. The van der Waals surface area contributed by atoms with Crippen LogP contribution in [0.15, 0.2) is 14.7 Å². The summed E-state index contributed by atoms with van der Waals surface area (Å²) in [6.45, 7) is 2.13. The van der Waals surface area contributed by atoms with E-state index in [9.17, 15) is 8.42 Å². The molecule has 0 amide bonds. The Bertz CT molecular complexity index is 505. The van der Waals surface area contributed by atoms with Gasteiger partial charge in [0, 0.05) is 25.1 Å². The van der Waals surface area contributed by atoms with Gasteiger partial charge in [-0.15, -0.1) is 11.3 Å². The van der Waals surface area contributed by atoms with Gasteiger partial charge in [-0.05, 0) is 29.0 Å². The SMILES string of the molecule is CNCc1cc(S(=O)(=O)NCCOCCOC)c(Br)s1. The minimum Gasteiger partial charge on any atom is -0.382 e.